The number of carbonyl (C=O) groups is 1. The summed E-state index contributed by atoms with van der Waals surface area (Å²) >= 11 is 5.78. The number of nitrogens with one attached hydrogen (secondary N) is 3. The van der Waals surface area contributed by atoms with Gasteiger partial charge in [0, 0.05) is 11.6 Å². The number of halogens is 4. The summed E-state index contributed by atoms with van der Waals surface area (Å²) in [6.07, 6.45) is -4.41. The van der Waals surface area contributed by atoms with Crippen LogP contribution >= 0.6 is 11.6 Å². The lowest BCUT2D eigenvalue weighted by molar-refractivity contribution is -0.140. The first-order valence-corrected chi connectivity index (χ1v) is 6.33. The Bertz CT molecular complexity index is 478. The highest BCUT2D eigenvalue weighted by Crippen LogP contribution is 2.26. The van der Waals surface area contributed by atoms with E-state index < -0.39 is 24.5 Å². The Labute approximate surface area is 118 Å². The minimum Gasteiger partial charge on any atom is -0.347 e. The van der Waals surface area contributed by atoms with Gasteiger partial charge >= 0.3 is 6.18 Å². The molecule has 0 aromatic heterocycles. The number of alkyl halides is 3. The van der Waals surface area contributed by atoms with Crippen molar-refractivity contribution in [3.05, 3.63) is 34.9 Å². The second kappa shape index (κ2) is 5.99. The fourth-order valence-electron chi connectivity index (χ4n) is 2.05. The Morgan fingerprint density at radius 2 is 2.00 bits per heavy atom. The summed E-state index contributed by atoms with van der Waals surface area (Å²) in [6, 6.07) is 6.41. The second-order valence-corrected chi connectivity index (χ2v) is 4.93. The zero-order valence-corrected chi connectivity index (χ0v) is 11.1. The first-order chi connectivity index (χ1) is 9.37. The molecular formula is C12H13ClF3N3O. The Kier molecular flexibility index (Phi) is 4.52. The normalized spacial score (nSPS) is 22.8. The van der Waals surface area contributed by atoms with Crippen LogP contribution in [0.2, 0.25) is 5.02 Å². The first kappa shape index (κ1) is 15.1. The summed E-state index contributed by atoms with van der Waals surface area (Å²) in [5.74, 6) is -1.25. The van der Waals surface area contributed by atoms with Crippen molar-refractivity contribution in [1.82, 2.24) is 16.2 Å². The van der Waals surface area contributed by atoms with E-state index in [4.69, 9.17) is 11.6 Å². The maximum absolute atomic E-state index is 12.1. The Hall–Kier alpha value is -1.31. The summed E-state index contributed by atoms with van der Waals surface area (Å²) in [7, 11) is 0. The molecule has 2 atom stereocenters. The zero-order valence-electron chi connectivity index (χ0n) is 10.3. The Balaban J connectivity index is 2.03. The topological polar surface area (TPSA) is 53.2 Å². The fraction of sp³-hybridized carbons (Fsp3) is 0.417. The molecule has 20 heavy (non-hydrogen) atoms. The van der Waals surface area contributed by atoms with Gasteiger partial charge in [0.1, 0.15) is 6.54 Å². The van der Waals surface area contributed by atoms with E-state index in [2.05, 4.69) is 10.9 Å². The van der Waals surface area contributed by atoms with Crippen molar-refractivity contribution in [2.45, 2.75) is 12.2 Å². The maximum Gasteiger partial charge on any atom is 0.405 e. The van der Waals surface area contributed by atoms with Crippen LogP contribution in [0.1, 0.15) is 11.6 Å². The lowest BCUT2D eigenvalue weighted by Gasteiger charge is -2.19. The SMILES string of the molecule is O=C(NCC(F)(F)F)C1CNNC1c1ccc(Cl)cc1. The smallest absolute Gasteiger partial charge is 0.347 e. The molecule has 0 bridgehead atoms. The second-order valence-electron chi connectivity index (χ2n) is 4.49. The van der Waals surface area contributed by atoms with Gasteiger partial charge in [-0.25, -0.2) is 5.43 Å². The molecule has 0 radical (unpaired) electrons. The average Bonchev–Trinajstić information content (AvgIpc) is 2.85. The number of hydrogen-bond acceptors (Lipinski definition) is 3. The van der Waals surface area contributed by atoms with Gasteiger partial charge in [0.25, 0.3) is 0 Å². The van der Waals surface area contributed by atoms with Crippen molar-refractivity contribution in [3.8, 4) is 0 Å². The molecule has 4 nitrogen and oxygen atoms in total. The van der Waals surface area contributed by atoms with E-state index in [-0.39, 0.29) is 12.6 Å². The van der Waals surface area contributed by atoms with Crippen molar-refractivity contribution >= 4 is 17.5 Å². The highest BCUT2D eigenvalue weighted by atomic mass is 35.5. The van der Waals surface area contributed by atoms with Crippen LogP contribution in [0.5, 0.6) is 0 Å². The predicted octanol–water partition coefficient (Wildman–Crippen LogP) is 1.78. The van der Waals surface area contributed by atoms with E-state index in [1.165, 1.54) is 0 Å². The first-order valence-electron chi connectivity index (χ1n) is 5.95. The average molecular weight is 308 g/mol. The summed E-state index contributed by atoms with van der Waals surface area (Å²) in [5, 5.41) is 2.46. The molecule has 0 saturated carbocycles. The molecule has 1 aromatic rings. The van der Waals surface area contributed by atoms with Gasteiger partial charge < -0.3 is 5.32 Å². The van der Waals surface area contributed by atoms with Crippen molar-refractivity contribution in [3.63, 3.8) is 0 Å². The molecule has 1 fully saturated rings. The van der Waals surface area contributed by atoms with Crippen LogP contribution in [0.25, 0.3) is 0 Å². The molecule has 1 amide bonds. The molecule has 0 aliphatic carbocycles. The van der Waals surface area contributed by atoms with Crippen molar-refractivity contribution in [2.75, 3.05) is 13.1 Å². The molecule has 3 N–H and O–H groups in total. The maximum atomic E-state index is 12.1. The van der Waals surface area contributed by atoms with Crippen LogP contribution in [0.3, 0.4) is 0 Å². The quantitative estimate of drug-likeness (QED) is 0.798. The molecule has 2 unspecified atom stereocenters. The summed E-state index contributed by atoms with van der Waals surface area (Å²) < 4.78 is 36.3. The molecule has 110 valence electrons. The fourth-order valence-corrected chi connectivity index (χ4v) is 2.17. The monoisotopic (exact) mass is 307 g/mol. The van der Waals surface area contributed by atoms with E-state index in [9.17, 15) is 18.0 Å². The van der Waals surface area contributed by atoms with E-state index in [0.717, 1.165) is 5.56 Å². The summed E-state index contributed by atoms with van der Waals surface area (Å²) in [4.78, 5) is 11.8. The van der Waals surface area contributed by atoms with E-state index in [0.29, 0.717) is 5.02 Å². The molecule has 2 rings (SSSR count). The van der Waals surface area contributed by atoms with Gasteiger partial charge in [0.15, 0.2) is 0 Å². The van der Waals surface area contributed by atoms with Crippen LogP contribution in [0, 0.1) is 5.92 Å². The molecule has 0 spiro atoms. The molecule has 1 aromatic carbocycles. The van der Waals surface area contributed by atoms with E-state index >= 15 is 0 Å². The third-order valence-corrected chi connectivity index (χ3v) is 3.26. The standard InChI is InChI=1S/C12H13ClF3N3O/c13-8-3-1-7(2-4-8)10-9(5-18-19-10)11(20)17-6-12(14,15)16/h1-4,9-10,18-19H,5-6H2,(H,17,20). The highest BCUT2D eigenvalue weighted by molar-refractivity contribution is 6.30. The van der Waals surface area contributed by atoms with Crippen molar-refractivity contribution < 1.29 is 18.0 Å². The number of carbonyl (C=O) groups excluding carboxylic acids is 1. The van der Waals surface area contributed by atoms with Crippen LogP contribution < -0.4 is 16.2 Å². The Morgan fingerprint density at radius 1 is 1.35 bits per heavy atom. The summed E-state index contributed by atoms with van der Waals surface area (Å²) in [6.45, 7) is -1.06. The van der Waals surface area contributed by atoms with Gasteiger partial charge in [0.05, 0.1) is 12.0 Å². The van der Waals surface area contributed by atoms with E-state index in [1.807, 2.05) is 5.32 Å². The number of benzene rings is 1. The number of rotatable bonds is 3. The van der Waals surface area contributed by atoms with Crippen LogP contribution in [-0.4, -0.2) is 25.2 Å². The van der Waals surface area contributed by atoms with Gasteiger partial charge in [0.2, 0.25) is 5.91 Å². The summed E-state index contributed by atoms with van der Waals surface area (Å²) in [5.41, 5.74) is 6.46. The molecule has 1 heterocycles. The van der Waals surface area contributed by atoms with Gasteiger partial charge in [-0.15, -0.1) is 0 Å². The third-order valence-electron chi connectivity index (χ3n) is 3.01. The van der Waals surface area contributed by atoms with E-state index in [1.54, 1.807) is 24.3 Å². The lowest BCUT2D eigenvalue weighted by Crippen LogP contribution is -2.40. The molecule has 1 aliphatic heterocycles. The lowest BCUT2D eigenvalue weighted by atomic mass is 9.94. The molecule has 1 aliphatic rings. The largest absolute Gasteiger partial charge is 0.405 e. The predicted molar refractivity (Wildman–Crippen MR) is 67.9 cm³/mol. The van der Waals surface area contributed by atoms with Crippen LogP contribution in [0.15, 0.2) is 24.3 Å². The van der Waals surface area contributed by atoms with Gasteiger partial charge in [-0.2, -0.15) is 13.2 Å². The molecule has 8 heteroatoms. The van der Waals surface area contributed by atoms with Crippen LogP contribution in [-0.2, 0) is 4.79 Å². The van der Waals surface area contributed by atoms with Gasteiger partial charge in [-0.1, -0.05) is 23.7 Å². The zero-order chi connectivity index (χ0) is 14.8. The van der Waals surface area contributed by atoms with Crippen molar-refractivity contribution in [1.29, 1.82) is 0 Å². The minimum atomic E-state index is -4.41. The number of amides is 1. The molecule has 1 saturated heterocycles. The van der Waals surface area contributed by atoms with Crippen molar-refractivity contribution in [2.24, 2.45) is 5.92 Å². The number of hydrazine groups is 1. The highest BCUT2D eigenvalue weighted by Gasteiger charge is 2.36. The molecular weight excluding hydrogens is 295 g/mol. The third kappa shape index (κ3) is 3.84. The minimum absolute atomic E-state index is 0.261. The Morgan fingerprint density at radius 3 is 2.60 bits per heavy atom. The van der Waals surface area contributed by atoms with Crippen LogP contribution in [0.4, 0.5) is 13.2 Å². The van der Waals surface area contributed by atoms with Gasteiger partial charge in [-0.3, -0.25) is 10.2 Å². The van der Waals surface area contributed by atoms with Gasteiger partial charge in [-0.05, 0) is 17.7 Å². The number of hydrogen-bond donors (Lipinski definition) is 3.